The minimum atomic E-state index is -1.05. The minimum absolute atomic E-state index is 0. The zero-order valence-corrected chi connectivity index (χ0v) is 17.0. The van der Waals surface area contributed by atoms with E-state index in [2.05, 4.69) is 27.8 Å². The summed E-state index contributed by atoms with van der Waals surface area (Å²) in [5, 5.41) is 24.9. The molecule has 1 atom stereocenters. The molecule has 172 valence electrons. The fourth-order valence-electron chi connectivity index (χ4n) is 2.47. The summed E-state index contributed by atoms with van der Waals surface area (Å²) in [6.45, 7) is -0.0183. The Bertz CT molecular complexity index is 1050. The van der Waals surface area contributed by atoms with Crippen LogP contribution in [0.5, 0.6) is 0 Å². The van der Waals surface area contributed by atoms with E-state index >= 15 is 0 Å². The lowest BCUT2D eigenvalue weighted by Crippen LogP contribution is -2.50. The van der Waals surface area contributed by atoms with E-state index in [1.165, 1.54) is 5.48 Å². The maximum absolute atomic E-state index is 12.2. The van der Waals surface area contributed by atoms with E-state index in [1.807, 2.05) is 6.07 Å². The van der Waals surface area contributed by atoms with Crippen LogP contribution in [0.25, 0.3) is 0 Å². The van der Waals surface area contributed by atoms with Gasteiger partial charge in [0.05, 0.1) is 19.2 Å². The molecule has 0 bridgehead atoms. The smallest absolute Gasteiger partial charge is 0.267 e. The first kappa shape index (κ1) is 26.8. The van der Waals surface area contributed by atoms with Gasteiger partial charge in [0, 0.05) is 28.9 Å². The maximum atomic E-state index is 12.2. The summed E-state index contributed by atoms with van der Waals surface area (Å²) in [4.78, 5) is 35.3. The molecule has 0 saturated heterocycles. The van der Waals surface area contributed by atoms with Gasteiger partial charge in [0.2, 0.25) is 5.91 Å². The summed E-state index contributed by atoms with van der Waals surface area (Å²) in [6.07, 6.45) is 0. The average Bonchev–Trinajstić information content (AvgIpc) is 2.82. The van der Waals surface area contributed by atoms with Gasteiger partial charge in [-0.15, -0.1) is 0 Å². The molecule has 0 aliphatic rings. The number of hydroxylamine groups is 1. The molecular weight excluding hydrogens is 424 g/mol. The fraction of sp³-hybridized carbons (Fsp3) is 0.217. The highest BCUT2D eigenvalue weighted by atomic mass is 16.5. The summed E-state index contributed by atoms with van der Waals surface area (Å²) in [6, 6.07) is 14.2. The van der Waals surface area contributed by atoms with Crippen molar-refractivity contribution >= 4 is 23.4 Å². The van der Waals surface area contributed by atoms with Crippen LogP contribution in [0.4, 0.5) is 5.69 Å². The Labute approximate surface area is 192 Å². The van der Waals surface area contributed by atoms with Gasteiger partial charge in [0.15, 0.2) is 0 Å². The van der Waals surface area contributed by atoms with Crippen molar-refractivity contribution in [3.8, 4) is 17.9 Å². The van der Waals surface area contributed by atoms with Crippen LogP contribution in [-0.2, 0) is 9.59 Å². The fourth-order valence-corrected chi connectivity index (χ4v) is 2.47. The molecule has 0 aliphatic heterocycles. The quantitative estimate of drug-likeness (QED) is 0.111. The first-order valence-electron chi connectivity index (χ1n) is 9.51. The minimum Gasteiger partial charge on any atom is -0.339 e. The van der Waals surface area contributed by atoms with Crippen molar-refractivity contribution in [2.24, 2.45) is 5.73 Å². The van der Waals surface area contributed by atoms with Gasteiger partial charge in [0.25, 0.3) is 11.8 Å². The number of hydrogen-bond acceptors (Lipinski definition) is 7. The van der Waals surface area contributed by atoms with Crippen molar-refractivity contribution < 1.29 is 19.6 Å². The first-order valence-corrected chi connectivity index (χ1v) is 9.51. The number of amides is 3. The second kappa shape index (κ2) is 14.0. The number of nitriles is 1. The van der Waals surface area contributed by atoms with E-state index in [0.29, 0.717) is 16.8 Å². The lowest BCUT2D eigenvalue weighted by Gasteiger charge is -2.14. The Morgan fingerprint density at radius 3 is 2.09 bits per heavy atom. The molecule has 3 amide bonds. The average molecular weight is 450 g/mol. The lowest BCUT2D eigenvalue weighted by molar-refractivity contribution is -0.130. The van der Waals surface area contributed by atoms with E-state index in [0.717, 1.165) is 5.56 Å². The van der Waals surface area contributed by atoms with Crippen LogP contribution in [0.3, 0.4) is 0 Å². The Hall–Kier alpha value is -4.22. The summed E-state index contributed by atoms with van der Waals surface area (Å²) < 4.78 is 0. The zero-order valence-electron chi connectivity index (χ0n) is 17.0. The normalized spacial score (nSPS) is 10.3. The number of nitrogens with two attached hydrogens (primary N) is 1. The number of nitrogens with zero attached hydrogens (tertiary/aromatic N) is 1. The van der Waals surface area contributed by atoms with E-state index in [4.69, 9.17) is 16.2 Å². The molecule has 0 heterocycles. The van der Waals surface area contributed by atoms with Crippen LogP contribution in [0.2, 0.25) is 0 Å². The highest BCUT2D eigenvalue weighted by molar-refractivity contribution is 5.97. The van der Waals surface area contributed by atoms with Gasteiger partial charge in [-0.3, -0.25) is 24.9 Å². The first-order chi connectivity index (χ1) is 15.5. The van der Waals surface area contributed by atoms with Gasteiger partial charge in [-0.25, -0.2) is 5.48 Å². The van der Waals surface area contributed by atoms with Crippen molar-refractivity contribution in [3.05, 3.63) is 65.2 Å². The number of carbonyl (C=O) groups is 3. The van der Waals surface area contributed by atoms with Crippen molar-refractivity contribution in [3.63, 3.8) is 0 Å². The molecule has 33 heavy (non-hydrogen) atoms. The summed E-state index contributed by atoms with van der Waals surface area (Å²) in [5.74, 6) is 4.40. The third-order valence-corrected chi connectivity index (χ3v) is 4.12. The molecule has 0 spiro atoms. The van der Waals surface area contributed by atoms with Gasteiger partial charge >= 0.3 is 0 Å². The van der Waals surface area contributed by atoms with Crippen molar-refractivity contribution in [1.29, 1.82) is 5.26 Å². The van der Waals surface area contributed by atoms with Gasteiger partial charge in [-0.1, -0.05) is 19.3 Å². The van der Waals surface area contributed by atoms with Crippen molar-refractivity contribution in [1.82, 2.24) is 16.1 Å². The second-order valence-corrected chi connectivity index (χ2v) is 6.45. The number of hydrogen-bond donors (Lipinski definition) is 6. The van der Waals surface area contributed by atoms with Crippen LogP contribution >= 0.6 is 0 Å². The third kappa shape index (κ3) is 8.81. The lowest BCUT2D eigenvalue weighted by atomic mass is 10.1. The van der Waals surface area contributed by atoms with Gasteiger partial charge < -0.3 is 16.4 Å². The molecule has 0 unspecified atom stereocenters. The van der Waals surface area contributed by atoms with E-state index < -0.39 is 17.9 Å². The molecule has 10 nitrogen and oxygen atoms in total. The van der Waals surface area contributed by atoms with E-state index in [-0.39, 0.29) is 33.0 Å². The van der Waals surface area contributed by atoms with Crippen molar-refractivity contribution in [2.75, 3.05) is 25.0 Å². The summed E-state index contributed by atoms with van der Waals surface area (Å²) >= 11 is 0. The molecule has 2 aromatic rings. The number of carbonyl (C=O) groups excluding carboxylic acids is 3. The topological polar surface area (TPSA) is 169 Å². The Balaban J connectivity index is 0.00000544. The number of benzene rings is 2. The Morgan fingerprint density at radius 2 is 1.58 bits per heavy atom. The van der Waals surface area contributed by atoms with E-state index in [1.54, 1.807) is 48.5 Å². The van der Waals surface area contributed by atoms with Gasteiger partial charge in [-0.2, -0.15) is 5.26 Å². The zero-order chi connectivity index (χ0) is 23.3. The standard InChI is InChI=1S/C22H22N6O4.CH4/c23-11-12-25-14-20(29)26-18-9-5-16(6-10-18)2-1-15-3-7-17(8-4-15)21(30)27-19(13-24)22(31)28-32;/h3-10,19,25,32H,12-14,24H2,(H,26,29)(H,27,30)(H,28,31);1H4/t19-;/m0./s1. The highest BCUT2D eigenvalue weighted by Gasteiger charge is 2.19. The van der Waals surface area contributed by atoms with Crippen LogP contribution in [0.15, 0.2) is 48.5 Å². The molecule has 2 rings (SSSR count). The molecule has 10 heteroatoms. The van der Waals surface area contributed by atoms with Gasteiger partial charge in [0.1, 0.15) is 6.04 Å². The maximum Gasteiger partial charge on any atom is 0.267 e. The highest BCUT2D eigenvalue weighted by Crippen LogP contribution is 2.09. The third-order valence-electron chi connectivity index (χ3n) is 4.12. The molecule has 0 saturated carbocycles. The number of rotatable bonds is 8. The predicted octanol–water partition coefficient (Wildman–Crippen LogP) is 0.337. The number of anilines is 1. The molecular formula is C23H26N6O4. The van der Waals surface area contributed by atoms with Crippen LogP contribution in [0, 0.1) is 23.2 Å². The second-order valence-electron chi connectivity index (χ2n) is 6.45. The van der Waals surface area contributed by atoms with Crippen LogP contribution < -0.4 is 27.2 Å². The monoisotopic (exact) mass is 450 g/mol. The molecule has 2 aromatic carbocycles. The summed E-state index contributed by atoms with van der Waals surface area (Å²) in [5.41, 5.74) is 9.19. The van der Waals surface area contributed by atoms with Crippen molar-refractivity contribution in [2.45, 2.75) is 13.5 Å². The Kier molecular flexibility index (Phi) is 11.3. The molecule has 7 N–H and O–H groups in total. The summed E-state index contributed by atoms with van der Waals surface area (Å²) in [7, 11) is 0. The SMILES string of the molecule is C.N#CCNCC(=O)Nc1ccc(C#Cc2ccc(C(=O)N[C@@H](CN)C(=O)NO)cc2)cc1. The molecule has 0 fully saturated rings. The molecule has 0 radical (unpaired) electrons. The predicted molar refractivity (Wildman–Crippen MR) is 123 cm³/mol. The largest absolute Gasteiger partial charge is 0.339 e. The van der Waals surface area contributed by atoms with Gasteiger partial charge in [-0.05, 0) is 48.5 Å². The molecule has 0 aliphatic carbocycles. The van der Waals surface area contributed by atoms with E-state index in [9.17, 15) is 14.4 Å². The van der Waals surface area contributed by atoms with Crippen LogP contribution in [0.1, 0.15) is 28.9 Å². The number of nitrogens with one attached hydrogen (secondary N) is 4. The Morgan fingerprint density at radius 1 is 1.00 bits per heavy atom. The van der Waals surface area contributed by atoms with Crippen LogP contribution in [-0.4, -0.2) is 48.6 Å². The molecule has 0 aromatic heterocycles.